The zero-order chi connectivity index (χ0) is 23.6. The molecule has 5 heteroatoms. The summed E-state index contributed by atoms with van der Waals surface area (Å²) < 4.78 is 0. The van der Waals surface area contributed by atoms with E-state index in [0.717, 1.165) is 49.1 Å². The Kier molecular flexibility index (Phi) is 6.36. The smallest absolute Gasteiger partial charge is 0.254 e. The van der Waals surface area contributed by atoms with Gasteiger partial charge in [-0.25, -0.2) is 0 Å². The fourth-order valence-corrected chi connectivity index (χ4v) is 6.79. The summed E-state index contributed by atoms with van der Waals surface area (Å²) >= 11 is 1.76. The molecule has 4 aromatic rings. The fraction of sp³-hybridized carbons (Fsp3) is 0.333. The second-order valence-electron chi connectivity index (χ2n) is 10.0. The van der Waals surface area contributed by atoms with E-state index in [1.807, 2.05) is 42.7 Å². The molecule has 4 nitrogen and oxygen atoms in total. The summed E-state index contributed by atoms with van der Waals surface area (Å²) in [5, 5.41) is 6.62. The molecule has 6 rings (SSSR count). The Labute approximate surface area is 211 Å². The number of hydrogen-bond acceptors (Lipinski definition) is 4. The number of carbonyl (C=O) groups is 1. The second kappa shape index (κ2) is 9.92. The SMILES string of the molecule is O=C(c1cccc2ccccc12)N1CC(CN2CCC(c3cccnc3)CC2)C(c2ccsc2)C1. The van der Waals surface area contributed by atoms with Crippen LogP contribution in [-0.2, 0) is 0 Å². The molecule has 0 saturated carbocycles. The second-order valence-corrected chi connectivity index (χ2v) is 10.8. The van der Waals surface area contributed by atoms with Crippen LogP contribution in [0.3, 0.4) is 0 Å². The zero-order valence-corrected chi connectivity index (χ0v) is 20.7. The molecule has 0 spiro atoms. The van der Waals surface area contributed by atoms with Crippen LogP contribution in [0.15, 0.2) is 83.8 Å². The van der Waals surface area contributed by atoms with Gasteiger partial charge in [-0.05, 0) is 88.6 Å². The molecule has 2 aliphatic rings. The number of fused-ring (bicyclic) bond motifs is 1. The lowest BCUT2D eigenvalue weighted by molar-refractivity contribution is 0.0783. The Morgan fingerprint density at radius 2 is 1.80 bits per heavy atom. The van der Waals surface area contributed by atoms with Gasteiger partial charge in [-0.1, -0.05) is 42.5 Å². The monoisotopic (exact) mass is 481 g/mol. The topological polar surface area (TPSA) is 36.4 Å². The van der Waals surface area contributed by atoms with Gasteiger partial charge in [0.05, 0.1) is 0 Å². The number of carbonyl (C=O) groups excluding carboxylic acids is 1. The van der Waals surface area contributed by atoms with Gasteiger partial charge in [-0.3, -0.25) is 9.78 Å². The molecule has 0 bridgehead atoms. The third-order valence-electron chi connectivity index (χ3n) is 7.96. The van der Waals surface area contributed by atoms with Crippen LogP contribution in [0.25, 0.3) is 10.8 Å². The maximum absolute atomic E-state index is 13.7. The minimum Gasteiger partial charge on any atom is -0.338 e. The van der Waals surface area contributed by atoms with Crippen LogP contribution in [0.2, 0.25) is 0 Å². The van der Waals surface area contributed by atoms with E-state index in [-0.39, 0.29) is 5.91 Å². The van der Waals surface area contributed by atoms with Crippen molar-refractivity contribution in [2.24, 2.45) is 5.92 Å². The molecule has 0 N–H and O–H groups in total. The number of thiophene rings is 1. The first-order valence-electron chi connectivity index (χ1n) is 12.7. The molecule has 0 radical (unpaired) electrons. The van der Waals surface area contributed by atoms with Crippen molar-refractivity contribution in [1.29, 1.82) is 0 Å². The summed E-state index contributed by atoms with van der Waals surface area (Å²) in [5.41, 5.74) is 3.58. The van der Waals surface area contributed by atoms with E-state index in [4.69, 9.17) is 0 Å². The van der Waals surface area contributed by atoms with Crippen molar-refractivity contribution in [1.82, 2.24) is 14.8 Å². The van der Waals surface area contributed by atoms with E-state index in [0.29, 0.717) is 17.8 Å². The number of piperidine rings is 1. The molecule has 2 unspecified atom stereocenters. The van der Waals surface area contributed by atoms with Gasteiger partial charge in [0, 0.05) is 43.5 Å². The van der Waals surface area contributed by atoms with Crippen LogP contribution >= 0.6 is 11.3 Å². The Morgan fingerprint density at radius 1 is 0.943 bits per heavy atom. The van der Waals surface area contributed by atoms with E-state index in [9.17, 15) is 4.79 Å². The zero-order valence-electron chi connectivity index (χ0n) is 19.9. The third kappa shape index (κ3) is 4.63. The first-order valence-corrected chi connectivity index (χ1v) is 13.6. The molecule has 2 aromatic heterocycles. The molecule has 2 saturated heterocycles. The van der Waals surface area contributed by atoms with E-state index < -0.39 is 0 Å². The largest absolute Gasteiger partial charge is 0.338 e. The minimum atomic E-state index is 0.166. The normalized spacial score (nSPS) is 21.5. The predicted octanol–water partition coefficient (Wildman–Crippen LogP) is 6.03. The lowest BCUT2D eigenvalue weighted by Crippen LogP contribution is -2.38. The molecular formula is C30H31N3OS. The first-order chi connectivity index (χ1) is 17.3. The van der Waals surface area contributed by atoms with Crippen molar-refractivity contribution in [3.8, 4) is 0 Å². The average Bonchev–Trinajstić information content (AvgIpc) is 3.59. The summed E-state index contributed by atoms with van der Waals surface area (Å²) in [6.45, 7) is 4.91. The molecule has 35 heavy (non-hydrogen) atoms. The van der Waals surface area contributed by atoms with Crippen molar-refractivity contribution in [2.45, 2.75) is 24.7 Å². The lowest BCUT2D eigenvalue weighted by Gasteiger charge is -2.34. The minimum absolute atomic E-state index is 0.166. The van der Waals surface area contributed by atoms with Gasteiger partial charge < -0.3 is 9.80 Å². The van der Waals surface area contributed by atoms with Crippen molar-refractivity contribution < 1.29 is 4.79 Å². The fourth-order valence-electron chi connectivity index (χ4n) is 6.07. The summed E-state index contributed by atoms with van der Waals surface area (Å²) in [4.78, 5) is 22.8. The summed E-state index contributed by atoms with van der Waals surface area (Å²) in [7, 11) is 0. The van der Waals surface area contributed by atoms with Crippen molar-refractivity contribution >= 4 is 28.0 Å². The number of hydrogen-bond donors (Lipinski definition) is 0. The Hall–Kier alpha value is -3.02. The van der Waals surface area contributed by atoms with Crippen molar-refractivity contribution in [3.63, 3.8) is 0 Å². The van der Waals surface area contributed by atoms with E-state index in [1.165, 1.54) is 24.0 Å². The number of aromatic nitrogens is 1. The van der Waals surface area contributed by atoms with Crippen LogP contribution in [0.5, 0.6) is 0 Å². The number of nitrogens with zero attached hydrogens (tertiary/aromatic N) is 3. The first kappa shape index (κ1) is 22.4. The standard InChI is InChI=1S/C30H31N3OS/c34-30(28-9-3-6-23-5-1-2-8-27(23)28)33-19-26(29(20-33)25-12-16-35-21-25)18-32-14-10-22(11-15-32)24-7-4-13-31-17-24/h1-9,12-13,16-17,21-22,26,29H,10-11,14-15,18-20H2. The molecule has 2 fully saturated rings. The van der Waals surface area contributed by atoms with Gasteiger partial charge in [-0.2, -0.15) is 11.3 Å². The molecule has 4 heterocycles. The molecule has 178 valence electrons. The molecule has 2 aliphatic heterocycles. The van der Waals surface area contributed by atoms with Crippen molar-refractivity contribution in [3.05, 3.63) is 101 Å². The van der Waals surface area contributed by atoms with E-state index in [2.05, 4.69) is 55.9 Å². The highest BCUT2D eigenvalue weighted by Crippen LogP contribution is 2.37. The van der Waals surface area contributed by atoms with Crippen molar-refractivity contribution in [2.75, 3.05) is 32.7 Å². The Morgan fingerprint density at radius 3 is 2.60 bits per heavy atom. The summed E-state index contributed by atoms with van der Waals surface area (Å²) in [6.07, 6.45) is 6.25. The van der Waals surface area contributed by atoms with Gasteiger partial charge in [0.25, 0.3) is 5.91 Å². The highest BCUT2D eigenvalue weighted by molar-refractivity contribution is 7.08. The number of rotatable bonds is 5. The maximum Gasteiger partial charge on any atom is 0.254 e. The van der Waals surface area contributed by atoms with Crippen LogP contribution in [0, 0.1) is 5.92 Å². The highest BCUT2D eigenvalue weighted by Gasteiger charge is 2.38. The van der Waals surface area contributed by atoms with Gasteiger partial charge in [0.2, 0.25) is 0 Å². The van der Waals surface area contributed by atoms with Crippen LogP contribution < -0.4 is 0 Å². The van der Waals surface area contributed by atoms with Gasteiger partial charge in [0.15, 0.2) is 0 Å². The molecule has 1 amide bonds. The van der Waals surface area contributed by atoms with Gasteiger partial charge in [0.1, 0.15) is 0 Å². The molecule has 2 atom stereocenters. The predicted molar refractivity (Wildman–Crippen MR) is 143 cm³/mol. The van der Waals surface area contributed by atoms with E-state index in [1.54, 1.807) is 11.3 Å². The lowest BCUT2D eigenvalue weighted by atomic mass is 9.87. The van der Waals surface area contributed by atoms with Crippen LogP contribution in [0.4, 0.5) is 0 Å². The molecular weight excluding hydrogens is 450 g/mol. The van der Waals surface area contributed by atoms with Crippen LogP contribution in [-0.4, -0.2) is 53.4 Å². The number of amides is 1. The van der Waals surface area contributed by atoms with Crippen LogP contribution in [0.1, 0.15) is 46.2 Å². The average molecular weight is 482 g/mol. The molecule has 2 aromatic carbocycles. The maximum atomic E-state index is 13.7. The van der Waals surface area contributed by atoms with Gasteiger partial charge in [-0.15, -0.1) is 0 Å². The Balaban J connectivity index is 1.18. The molecule has 0 aliphatic carbocycles. The van der Waals surface area contributed by atoms with E-state index >= 15 is 0 Å². The highest BCUT2D eigenvalue weighted by atomic mass is 32.1. The number of pyridine rings is 1. The van der Waals surface area contributed by atoms with Gasteiger partial charge >= 0.3 is 0 Å². The summed E-state index contributed by atoms with van der Waals surface area (Å²) in [5.74, 6) is 1.63. The summed E-state index contributed by atoms with van der Waals surface area (Å²) in [6, 6.07) is 20.8. The number of benzene rings is 2. The quantitative estimate of drug-likeness (QED) is 0.349. The third-order valence-corrected chi connectivity index (χ3v) is 8.66. The Bertz CT molecular complexity index is 1280. The number of likely N-dealkylation sites (tertiary alicyclic amines) is 2.